The van der Waals surface area contributed by atoms with Crippen molar-refractivity contribution >= 4 is 11.0 Å². The first-order chi connectivity index (χ1) is 10.3. The zero-order valence-electron chi connectivity index (χ0n) is 12.1. The van der Waals surface area contributed by atoms with Crippen molar-refractivity contribution in [2.75, 3.05) is 0 Å². The van der Waals surface area contributed by atoms with Crippen molar-refractivity contribution in [1.82, 2.24) is 0 Å². The fourth-order valence-electron chi connectivity index (χ4n) is 2.50. The Bertz CT molecular complexity index is 718. The summed E-state index contributed by atoms with van der Waals surface area (Å²) in [5, 5.41) is 1.08. The van der Waals surface area contributed by atoms with Gasteiger partial charge in [-0.3, -0.25) is 0 Å². The maximum Gasteiger partial charge on any atom is 0.134 e. The molecule has 1 atom stereocenters. The van der Waals surface area contributed by atoms with Crippen LogP contribution in [0.15, 0.2) is 59.0 Å². The molecule has 0 saturated carbocycles. The third kappa shape index (κ3) is 2.84. The molecule has 3 aromatic rings. The highest BCUT2D eigenvalue weighted by Crippen LogP contribution is 2.28. The van der Waals surface area contributed by atoms with E-state index in [0.717, 1.165) is 22.3 Å². The van der Waals surface area contributed by atoms with Gasteiger partial charge >= 0.3 is 0 Å². The molecule has 0 spiro atoms. The molecule has 0 aliphatic carbocycles. The molecule has 0 bridgehead atoms. The highest BCUT2D eigenvalue weighted by Gasteiger charge is 2.14. The summed E-state index contributed by atoms with van der Waals surface area (Å²) in [5.41, 5.74) is 8.87. The molecular formula is C18H19NO2. The summed E-state index contributed by atoms with van der Waals surface area (Å²) in [7, 11) is 0. The second-order valence-electron chi connectivity index (χ2n) is 5.07. The second-order valence-corrected chi connectivity index (χ2v) is 5.07. The monoisotopic (exact) mass is 281 g/mol. The Kier molecular flexibility index (Phi) is 4.04. The topological polar surface area (TPSA) is 48.4 Å². The van der Waals surface area contributed by atoms with Gasteiger partial charge in [0.1, 0.15) is 11.3 Å². The van der Waals surface area contributed by atoms with E-state index in [2.05, 4.69) is 19.1 Å². The first-order valence-electron chi connectivity index (χ1n) is 7.15. The maximum atomic E-state index is 6.01. The molecule has 2 aromatic carbocycles. The van der Waals surface area contributed by atoms with E-state index in [-0.39, 0.29) is 6.10 Å². The number of fused-ring (bicyclic) bond motifs is 1. The predicted molar refractivity (Wildman–Crippen MR) is 83.8 cm³/mol. The maximum absolute atomic E-state index is 6.01. The molecule has 0 amide bonds. The molecule has 108 valence electrons. The molecule has 3 rings (SSSR count). The fourth-order valence-corrected chi connectivity index (χ4v) is 2.50. The van der Waals surface area contributed by atoms with E-state index in [9.17, 15) is 0 Å². The van der Waals surface area contributed by atoms with Crippen LogP contribution >= 0.6 is 0 Å². The van der Waals surface area contributed by atoms with Crippen LogP contribution in [0.3, 0.4) is 0 Å². The summed E-state index contributed by atoms with van der Waals surface area (Å²) in [5.74, 6) is 0.802. The van der Waals surface area contributed by atoms with Crippen molar-refractivity contribution in [3.63, 3.8) is 0 Å². The van der Waals surface area contributed by atoms with Crippen molar-refractivity contribution in [3.8, 4) is 0 Å². The van der Waals surface area contributed by atoms with E-state index < -0.39 is 0 Å². The quantitative estimate of drug-likeness (QED) is 0.763. The SMILES string of the molecule is CC(OCc1c(CN)oc2ccccc12)c1ccccc1. The molecule has 1 heterocycles. The van der Waals surface area contributed by atoms with Gasteiger partial charge < -0.3 is 14.9 Å². The summed E-state index contributed by atoms with van der Waals surface area (Å²) >= 11 is 0. The van der Waals surface area contributed by atoms with E-state index in [4.69, 9.17) is 14.9 Å². The summed E-state index contributed by atoms with van der Waals surface area (Å²) in [6, 6.07) is 18.2. The van der Waals surface area contributed by atoms with Gasteiger partial charge in [-0.15, -0.1) is 0 Å². The molecule has 1 aromatic heterocycles. The van der Waals surface area contributed by atoms with Crippen molar-refractivity contribution in [2.45, 2.75) is 26.2 Å². The van der Waals surface area contributed by atoms with Crippen LogP contribution in [0.5, 0.6) is 0 Å². The first kappa shape index (κ1) is 13.9. The second kappa shape index (κ2) is 6.12. The van der Waals surface area contributed by atoms with E-state index in [1.165, 1.54) is 5.56 Å². The number of benzene rings is 2. The lowest BCUT2D eigenvalue weighted by molar-refractivity contribution is 0.0523. The third-order valence-electron chi connectivity index (χ3n) is 3.71. The van der Waals surface area contributed by atoms with Crippen LogP contribution in [-0.2, 0) is 17.9 Å². The Morgan fingerprint density at radius 2 is 1.76 bits per heavy atom. The summed E-state index contributed by atoms with van der Waals surface area (Å²) < 4.78 is 11.8. The Balaban J connectivity index is 1.82. The van der Waals surface area contributed by atoms with Gasteiger partial charge in [-0.25, -0.2) is 0 Å². The van der Waals surface area contributed by atoms with Crippen molar-refractivity contribution in [1.29, 1.82) is 0 Å². The molecular weight excluding hydrogens is 262 g/mol. The molecule has 3 nitrogen and oxygen atoms in total. The summed E-state index contributed by atoms with van der Waals surface area (Å²) in [6.07, 6.45) is 0.0329. The van der Waals surface area contributed by atoms with Gasteiger partial charge in [0.05, 0.1) is 19.3 Å². The standard InChI is InChI=1S/C18H19NO2/c1-13(14-7-3-2-4-8-14)20-12-16-15-9-5-6-10-17(15)21-18(16)11-19/h2-10,13H,11-12,19H2,1H3. The largest absolute Gasteiger partial charge is 0.459 e. The van der Waals surface area contributed by atoms with Crippen LogP contribution in [0.1, 0.15) is 29.9 Å². The molecule has 0 fully saturated rings. The lowest BCUT2D eigenvalue weighted by atomic mass is 10.1. The molecule has 0 saturated heterocycles. The fraction of sp³-hybridized carbons (Fsp3) is 0.222. The number of ether oxygens (including phenoxy) is 1. The number of para-hydroxylation sites is 1. The van der Waals surface area contributed by atoms with E-state index in [0.29, 0.717) is 13.2 Å². The van der Waals surface area contributed by atoms with Crippen molar-refractivity contribution < 1.29 is 9.15 Å². The average molecular weight is 281 g/mol. The number of rotatable bonds is 5. The summed E-state index contributed by atoms with van der Waals surface area (Å²) in [4.78, 5) is 0. The Hall–Kier alpha value is -2.10. The number of hydrogen-bond donors (Lipinski definition) is 1. The molecule has 21 heavy (non-hydrogen) atoms. The minimum absolute atomic E-state index is 0.0329. The Labute approximate surface area is 124 Å². The zero-order chi connectivity index (χ0) is 14.7. The van der Waals surface area contributed by atoms with Gasteiger partial charge in [0.2, 0.25) is 0 Å². The average Bonchev–Trinajstić information content (AvgIpc) is 2.91. The number of nitrogens with two attached hydrogens (primary N) is 1. The number of hydrogen-bond acceptors (Lipinski definition) is 3. The van der Waals surface area contributed by atoms with Crippen LogP contribution in [0.2, 0.25) is 0 Å². The van der Waals surface area contributed by atoms with Gasteiger partial charge in [0.15, 0.2) is 0 Å². The zero-order valence-corrected chi connectivity index (χ0v) is 12.1. The van der Waals surface area contributed by atoms with Crippen LogP contribution < -0.4 is 5.73 Å². The van der Waals surface area contributed by atoms with Gasteiger partial charge in [0, 0.05) is 10.9 Å². The smallest absolute Gasteiger partial charge is 0.134 e. The van der Waals surface area contributed by atoms with Crippen LogP contribution in [0.4, 0.5) is 0 Å². The number of furan rings is 1. The highest BCUT2D eigenvalue weighted by atomic mass is 16.5. The molecule has 1 unspecified atom stereocenters. The molecule has 0 radical (unpaired) electrons. The van der Waals surface area contributed by atoms with Crippen molar-refractivity contribution in [3.05, 3.63) is 71.5 Å². The molecule has 0 aliphatic rings. The van der Waals surface area contributed by atoms with Gasteiger partial charge in [-0.2, -0.15) is 0 Å². The van der Waals surface area contributed by atoms with E-state index in [1.54, 1.807) is 0 Å². The highest BCUT2D eigenvalue weighted by molar-refractivity contribution is 5.82. The predicted octanol–water partition coefficient (Wildman–Crippen LogP) is 4.17. The van der Waals surface area contributed by atoms with Crippen LogP contribution in [0, 0.1) is 0 Å². The minimum Gasteiger partial charge on any atom is -0.459 e. The Morgan fingerprint density at radius 1 is 1.05 bits per heavy atom. The van der Waals surface area contributed by atoms with Gasteiger partial charge in [-0.05, 0) is 18.6 Å². The van der Waals surface area contributed by atoms with E-state index in [1.807, 2.05) is 42.5 Å². The lowest BCUT2D eigenvalue weighted by Crippen LogP contribution is -2.03. The van der Waals surface area contributed by atoms with Gasteiger partial charge in [-0.1, -0.05) is 48.5 Å². The minimum atomic E-state index is 0.0329. The van der Waals surface area contributed by atoms with Crippen molar-refractivity contribution in [2.24, 2.45) is 5.73 Å². The third-order valence-corrected chi connectivity index (χ3v) is 3.71. The van der Waals surface area contributed by atoms with Crippen LogP contribution in [-0.4, -0.2) is 0 Å². The van der Waals surface area contributed by atoms with Gasteiger partial charge in [0.25, 0.3) is 0 Å². The normalized spacial score (nSPS) is 12.7. The molecule has 3 heteroatoms. The van der Waals surface area contributed by atoms with E-state index >= 15 is 0 Å². The summed E-state index contributed by atoms with van der Waals surface area (Å²) in [6.45, 7) is 2.94. The molecule has 0 aliphatic heterocycles. The first-order valence-corrected chi connectivity index (χ1v) is 7.15. The molecule has 2 N–H and O–H groups in total. The van der Waals surface area contributed by atoms with Crippen LogP contribution in [0.25, 0.3) is 11.0 Å². The lowest BCUT2D eigenvalue weighted by Gasteiger charge is -2.13. The Morgan fingerprint density at radius 3 is 2.52 bits per heavy atom.